The molecule has 0 aliphatic carbocycles. The summed E-state index contributed by atoms with van der Waals surface area (Å²) in [5.41, 5.74) is 1.41. The lowest BCUT2D eigenvalue weighted by Gasteiger charge is -2.02. The number of hydrogen-bond acceptors (Lipinski definition) is 1. The van der Waals surface area contributed by atoms with Crippen LogP contribution >= 0.6 is 38.5 Å². The van der Waals surface area contributed by atoms with Crippen LogP contribution in [0.1, 0.15) is 15.9 Å². The highest BCUT2D eigenvalue weighted by molar-refractivity contribution is 14.1. The Morgan fingerprint density at radius 3 is 2.80 bits per heavy atom. The van der Waals surface area contributed by atoms with E-state index in [1.165, 1.54) is 0 Å². The maximum Gasteiger partial charge on any atom is 0.195 e. The van der Waals surface area contributed by atoms with Gasteiger partial charge in [0, 0.05) is 31.6 Å². The van der Waals surface area contributed by atoms with Gasteiger partial charge in [-0.15, -0.1) is 0 Å². The van der Waals surface area contributed by atoms with E-state index in [4.69, 9.17) is 0 Å². The number of halogens is 2. The Hall–Kier alpha value is -0.620. The highest BCUT2D eigenvalue weighted by Crippen LogP contribution is 2.21. The average Bonchev–Trinajstić information content (AvgIpc) is 2.74. The molecule has 76 valence electrons. The second kappa shape index (κ2) is 4.49. The van der Waals surface area contributed by atoms with Gasteiger partial charge in [-0.3, -0.25) is 4.79 Å². The minimum absolute atomic E-state index is 0.0435. The Labute approximate surface area is 109 Å². The minimum atomic E-state index is 0.0435. The number of aromatic amines is 1. The molecule has 1 aromatic carbocycles. The molecule has 4 heteroatoms. The van der Waals surface area contributed by atoms with E-state index >= 15 is 0 Å². The Morgan fingerprint density at radius 2 is 2.13 bits per heavy atom. The molecule has 0 fully saturated rings. The van der Waals surface area contributed by atoms with Crippen LogP contribution in [-0.2, 0) is 0 Å². The van der Waals surface area contributed by atoms with Crippen molar-refractivity contribution in [2.45, 2.75) is 0 Å². The SMILES string of the molecule is O=C(c1cc[nH]c1)c1cc(Br)ccc1I. The van der Waals surface area contributed by atoms with Gasteiger partial charge in [-0.1, -0.05) is 15.9 Å². The van der Waals surface area contributed by atoms with E-state index in [0.717, 1.165) is 13.6 Å². The van der Waals surface area contributed by atoms with E-state index < -0.39 is 0 Å². The third-order valence-electron chi connectivity index (χ3n) is 2.03. The maximum atomic E-state index is 12.0. The Morgan fingerprint density at radius 1 is 1.33 bits per heavy atom. The highest BCUT2D eigenvalue weighted by atomic mass is 127. The topological polar surface area (TPSA) is 32.9 Å². The number of hydrogen-bond donors (Lipinski definition) is 1. The Bertz CT molecular complexity index is 493. The first kappa shape index (κ1) is 10.9. The molecule has 15 heavy (non-hydrogen) atoms. The van der Waals surface area contributed by atoms with Crippen molar-refractivity contribution in [3.05, 3.63) is 55.8 Å². The standard InChI is InChI=1S/C11H7BrINO/c12-8-1-2-10(13)9(5-8)11(15)7-3-4-14-6-7/h1-6,14H. The number of rotatable bonds is 2. The van der Waals surface area contributed by atoms with E-state index in [2.05, 4.69) is 43.5 Å². The summed E-state index contributed by atoms with van der Waals surface area (Å²) in [6.07, 6.45) is 3.46. The molecule has 0 aliphatic rings. The molecule has 0 saturated heterocycles. The zero-order valence-electron chi connectivity index (χ0n) is 7.63. The predicted octanol–water partition coefficient (Wildman–Crippen LogP) is 3.61. The molecule has 1 aromatic heterocycles. The molecule has 2 rings (SSSR count). The summed E-state index contributed by atoms with van der Waals surface area (Å²) in [6, 6.07) is 7.47. The zero-order valence-corrected chi connectivity index (χ0v) is 11.4. The maximum absolute atomic E-state index is 12.0. The fourth-order valence-corrected chi connectivity index (χ4v) is 2.23. The summed E-state index contributed by atoms with van der Waals surface area (Å²) in [6.45, 7) is 0. The number of benzene rings is 1. The summed E-state index contributed by atoms with van der Waals surface area (Å²) in [7, 11) is 0. The van der Waals surface area contributed by atoms with Gasteiger partial charge in [0.05, 0.1) is 0 Å². The fraction of sp³-hybridized carbons (Fsp3) is 0. The van der Waals surface area contributed by atoms with Gasteiger partial charge in [-0.25, -0.2) is 0 Å². The lowest BCUT2D eigenvalue weighted by Crippen LogP contribution is -2.02. The van der Waals surface area contributed by atoms with Crippen LogP contribution in [0.4, 0.5) is 0 Å². The number of H-pyrrole nitrogens is 1. The smallest absolute Gasteiger partial charge is 0.195 e. The van der Waals surface area contributed by atoms with Crippen LogP contribution in [-0.4, -0.2) is 10.8 Å². The second-order valence-corrected chi connectivity index (χ2v) is 5.13. The Kier molecular flexibility index (Phi) is 3.25. The lowest BCUT2D eigenvalue weighted by molar-refractivity contribution is 0.103. The molecule has 0 bridgehead atoms. The molecule has 2 aromatic rings. The summed E-state index contributed by atoms with van der Waals surface area (Å²) < 4.78 is 1.88. The van der Waals surface area contributed by atoms with Crippen molar-refractivity contribution in [3.8, 4) is 0 Å². The van der Waals surface area contributed by atoms with Crippen LogP contribution < -0.4 is 0 Å². The number of ketones is 1. The summed E-state index contributed by atoms with van der Waals surface area (Å²) in [4.78, 5) is 14.9. The van der Waals surface area contributed by atoms with E-state index in [1.54, 1.807) is 18.5 Å². The normalized spacial score (nSPS) is 10.3. The van der Waals surface area contributed by atoms with Gasteiger partial charge in [0.2, 0.25) is 0 Å². The number of carbonyl (C=O) groups excluding carboxylic acids is 1. The molecule has 0 unspecified atom stereocenters. The monoisotopic (exact) mass is 375 g/mol. The molecule has 2 nitrogen and oxygen atoms in total. The third kappa shape index (κ3) is 2.31. The number of nitrogens with one attached hydrogen (secondary N) is 1. The van der Waals surface area contributed by atoms with Crippen molar-refractivity contribution in [2.24, 2.45) is 0 Å². The first-order valence-corrected chi connectivity index (χ1v) is 6.18. The van der Waals surface area contributed by atoms with E-state index in [0.29, 0.717) is 5.56 Å². The molecule has 0 aliphatic heterocycles. The van der Waals surface area contributed by atoms with Crippen molar-refractivity contribution >= 4 is 44.3 Å². The molecule has 0 radical (unpaired) electrons. The van der Waals surface area contributed by atoms with E-state index in [1.807, 2.05) is 18.2 Å². The van der Waals surface area contributed by atoms with Crippen LogP contribution in [0, 0.1) is 3.57 Å². The van der Waals surface area contributed by atoms with E-state index in [-0.39, 0.29) is 5.78 Å². The zero-order chi connectivity index (χ0) is 10.8. The van der Waals surface area contributed by atoms with Crippen LogP contribution in [0.5, 0.6) is 0 Å². The predicted molar refractivity (Wildman–Crippen MR) is 71.1 cm³/mol. The van der Waals surface area contributed by atoms with Crippen LogP contribution in [0.25, 0.3) is 0 Å². The van der Waals surface area contributed by atoms with Crippen molar-refractivity contribution in [2.75, 3.05) is 0 Å². The van der Waals surface area contributed by atoms with Gasteiger partial charge in [0.15, 0.2) is 5.78 Å². The van der Waals surface area contributed by atoms with Gasteiger partial charge >= 0.3 is 0 Å². The summed E-state index contributed by atoms with van der Waals surface area (Å²) in [5, 5.41) is 0. The van der Waals surface area contributed by atoms with Crippen molar-refractivity contribution < 1.29 is 4.79 Å². The average molecular weight is 376 g/mol. The van der Waals surface area contributed by atoms with Gasteiger partial charge < -0.3 is 4.98 Å². The van der Waals surface area contributed by atoms with Gasteiger partial charge in [0.1, 0.15) is 0 Å². The Balaban J connectivity index is 2.46. The van der Waals surface area contributed by atoms with Crippen molar-refractivity contribution in [1.29, 1.82) is 0 Å². The molecule has 1 heterocycles. The minimum Gasteiger partial charge on any atom is -0.367 e. The summed E-state index contributed by atoms with van der Waals surface area (Å²) in [5.74, 6) is 0.0435. The van der Waals surface area contributed by atoms with Crippen LogP contribution in [0.2, 0.25) is 0 Å². The molecular formula is C11H7BrINO. The number of aromatic nitrogens is 1. The molecule has 0 amide bonds. The third-order valence-corrected chi connectivity index (χ3v) is 3.47. The first-order valence-electron chi connectivity index (χ1n) is 4.31. The van der Waals surface area contributed by atoms with E-state index in [9.17, 15) is 4.79 Å². The summed E-state index contributed by atoms with van der Waals surface area (Å²) >= 11 is 5.53. The highest BCUT2D eigenvalue weighted by Gasteiger charge is 2.12. The number of carbonyl (C=O) groups is 1. The van der Waals surface area contributed by atoms with Gasteiger partial charge in [0.25, 0.3) is 0 Å². The van der Waals surface area contributed by atoms with Crippen LogP contribution in [0.15, 0.2) is 41.1 Å². The lowest BCUT2D eigenvalue weighted by atomic mass is 10.1. The molecule has 0 spiro atoms. The fourth-order valence-electron chi connectivity index (χ4n) is 1.29. The van der Waals surface area contributed by atoms with Gasteiger partial charge in [-0.2, -0.15) is 0 Å². The first-order chi connectivity index (χ1) is 7.18. The van der Waals surface area contributed by atoms with Crippen molar-refractivity contribution in [3.63, 3.8) is 0 Å². The second-order valence-electron chi connectivity index (χ2n) is 3.05. The largest absolute Gasteiger partial charge is 0.367 e. The quantitative estimate of drug-likeness (QED) is 0.631. The molecule has 0 saturated carbocycles. The van der Waals surface area contributed by atoms with Crippen LogP contribution in [0.3, 0.4) is 0 Å². The molecule has 1 N–H and O–H groups in total. The van der Waals surface area contributed by atoms with Crippen molar-refractivity contribution in [1.82, 2.24) is 4.98 Å². The molecular weight excluding hydrogens is 369 g/mol. The van der Waals surface area contributed by atoms with Gasteiger partial charge in [-0.05, 0) is 46.9 Å². The molecule has 0 atom stereocenters.